The normalized spacial score (nSPS) is 16.4. The van der Waals surface area contributed by atoms with Gasteiger partial charge >= 0.3 is 0 Å². The fourth-order valence-electron chi connectivity index (χ4n) is 2.46. The summed E-state index contributed by atoms with van der Waals surface area (Å²) in [6.07, 6.45) is 2.20. The fourth-order valence-corrected chi connectivity index (χ4v) is 2.46. The lowest BCUT2D eigenvalue weighted by atomic mass is 10.1. The Hall–Kier alpha value is -1.40. The summed E-state index contributed by atoms with van der Waals surface area (Å²) < 4.78 is 5.58. The van der Waals surface area contributed by atoms with Gasteiger partial charge in [0, 0.05) is 25.7 Å². The quantitative estimate of drug-likeness (QED) is 0.816. The van der Waals surface area contributed by atoms with Crippen molar-refractivity contribution >= 4 is 11.6 Å². The first kappa shape index (κ1) is 15.0. The van der Waals surface area contributed by atoms with E-state index in [0.717, 1.165) is 49.9 Å². The first-order chi connectivity index (χ1) is 9.72. The Morgan fingerprint density at radius 3 is 2.80 bits per heavy atom. The van der Waals surface area contributed by atoms with Crippen molar-refractivity contribution in [3.8, 4) is 0 Å². The average molecular weight is 280 g/mol. The highest BCUT2D eigenvalue weighted by atomic mass is 16.5. The third kappa shape index (κ3) is 4.05. The van der Waals surface area contributed by atoms with Crippen LogP contribution in [0.3, 0.4) is 0 Å². The molecule has 1 aromatic rings. The average Bonchev–Trinajstić information content (AvgIpc) is 2.45. The summed E-state index contributed by atoms with van der Waals surface area (Å²) in [6.45, 7) is 7.21. The van der Waals surface area contributed by atoms with Crippen LogP contribution in [0.4, 0.5) is 11.6 Å². The summed E-state index contributed by atoms with van der Waals surface area (Å²) in [7, 11) is 0. The molecule has 0 spiro atoms. The van der Waals surface area contributed by atoms with Crippen LogP contribution in [-0.2, 0) is 4.74 Å². The van der Waals surface area contributed by atoms with Crippen LogP contribution < -0.4 is 10.2 Å². The van der Waals surface area contributed by atoms with Crippen LogP contribution >= 0.6 is 0 Å². The molecule has 0 atom stereocenters. The third-order valence-electron chi connectivity index (χ3n) is 3.39. The molecule has 1 aromatic heterocycles. The van der Waals surface area contributed by atoms with Crippen LogP contribution in [0, 0.1) is 6.92 Å². The summed E-state index contributed by atoms with van der Waals surface area (Å²) in [5, 5.41) is 12.0. The minimum Gasteiger partial charge on any atom is -0.394 e. The largest absolute Gasteiger partial charge is 0.394 e. The molecule has 2 rings (SSSR count). The number of hydrogen-bond donors (Lipinski definition) is 2. The van der Waals surface area contributed by atoms with E-state index in [9.17, 15) is 0 Å². The van der Waals surface area contributed by atoms with E-state index in [-0.39, 0.29) is 12.7 Å². The highest BCUT2D eigenvalue weighted by Gasteiger charge is 2.21. The van der Waals surface area contributed by atoms with Crippen molar-refractivity contribution < 1.29 is 9.84 Å². The van der Waals surface area contributed by atoms with Crippen LogP contribution in [0.5, 0.6) is 0 Å². The van der Waals surface area contributed by atoms with Crippen molar-refractivity contribution in [3.05, 3.63) is 11.9 Å². The maximum atomic E-state index is 8.78. The smallest absolute Gasteiger partial charge is 0.134 e. The van der Waals surface area contributed by atoms with Gasteiger partial charge in [0.15, 0.2) is 0 Å². The van der Waals surface area contributed by atoms with E-state index in [2.05, 4.69) is 27.1 Å². The SMILES string of the molecule is CCNc1cc(N2CCC(OCCO)CC2)nc(C)n1. The number of anilines is 2. The fraction of sp³-hybridized carbons (Fsp3) is 0.714. The number of nitrogens with zero attached hydrogens (tertiary/aromatic N) is 3. The molecule has 112 valence electrons. The van der Waals surface area contributed by atoms with Crippen molar-refractivity contribution in [1.29, 1.82) is 0 Å². The van der Waals surface area contributed by atoms with Gasteiger partial charge in [-0.05, 0) is 26.7 Å². The number of aryl methyl sites for hydroxylation is 1. The summed E-state index contributed by atoms with van der Waals surface area (Å²) in [6, 6.07) is 2.01. The zero-order chi connectivity index (χ0) is 14.4. The van der Waals surface area contributed by atoms with Crippen molar-refractivity contribution in [1.82, 2.24) is 9.97 Å². The zero-order valence-corrected chi connectivity index (χ0v) is 12.3. The van der Waals surface area contributed by atoms with E-state index in [1.807, 2.05) is 13.0 Å². The topological polar surface area (TPSA) is 70.5 Å². The Morgan fingerprint density at radius 2 is 2.15 bits per heavy atom. The van der Waals surface area contributed by atoms with Crippen molar-refractivity contribution in [3.63, 3.8) is 0 Å². The minimum atomic E-state index is 0.0946. The summed E-state index contributed by atoms with van der Waals surface area (Å²) in [4.78, 5) is 11.2. The van der Waals surface area contributed by atoms with E-state index in [1.165, 1.54) is 0 Å². The minimum absolute atomic E-state index is 0.0946. The molecule has 0 amide bonds. The molecule has 1 fully saturated rings. The van der Waals surface area contributed by atoms with Gasteiger partial charge in [0.25, 0.3) is 0 Å². The molecule has 0 radical (unpaired) electrons. The van der Waals surface area contributed by atoms with E-state index in [0.29, 0.717) is 6.61 Å². The van der Waals surface area contributed by atoms with Gasteiger partial charge in [-0.15, -0.1) is 0 Å². The Kier molecular flexibility index (Phi) is 5.55. The molecule has 0 bridgehead atoms. The Morgan fingerprint density at radius 1 is 1.40 bits per heavy atom. The Bertz CT molecular complexity index is 420. The van der Waals surface area contributed by atoms with Crippen LogP contribution in [-0.4, -0.2) is 54.0 Å². The lowest BCUT2D eigenvalue weighted by Crippen LogP contribution is -2.38. The number of aromatic nitrogens is 2. The molecule has 0 saturated carbocycles. The van der Waals surface area contributed by atoms with Gasteiger partial charge in [-0.1, -0.05) is 0 Å². The molecule has 6 heteroatoms. The van der Waals surface area contributed by atoms with E-state index >= 15 is 0 Å². The zero-order valence-electron chi connectivity index (χ0n) is 12.3. The van der Waals surface area contributed by atoms with Crippen molar-refractivity contribution in [2.24, 2.45) is 0 Å². The second kappa shape index (κ2) is 7.40. The number of piperidine rings is 1. The molecule has 20 heavy (non-hydrogen) atoms. The molecule has 1 aliphatic heterocycles. The van der Waals surface area contributed by atoms with Gasteiger partial charge in [0.2, 0.25) is 0 Å². The van der Waals surface area contributed by atoms with Gasteiger partial charge < -0.3 is 20.1 Å². The van der Waals surface area contributed by atoms with Gasteiger partial charge in [-0.3, -0.25) is 0 Å². The van der Waals surface area contributed by atoms with Crippen LogP contribution in [0.2, 0.25) is 0 Å². The van der Waals surface area contributed by atoms with Crippen LogP contribution in [0.15, 0.2) is 6.07 Å². The third-order valence-corrected chi connectivity index (χ3v) is 3.39. The molecular weight excluding hydrogens is 256 g/mol. The molecule has 1 aliphatic rings. The second-order valence-corrected chi connectivity index (χ2v) is 4.97. The van der Waals surface area contributed by atoms with Crippen molar-refractivity contribution in [2.45, 2.75) is 32.8 Å². The Balaban J connectivity index is 1.96. The maximum Gasteiger partial charge on any atom is 0.134 e. The lowest BCUT2D eigenvalue weighted by molar-refractivity contribution is 0.0158. The molecule has 2 heterocycles. The second-order valence-electron chi connectivity index (χ2n) is 4.97. The van der Waals surface area contributed by atoms with Crippen LogP contribution in [0.25, 0.3) is 0 Å². The molecule has 0 aliphatic carbocycles. The molecule has 1 saturated heterocycles. The molecular formula is C14H24N4O2. The predicted octanol–water partition coefficient (Wildman–Crippen LogP) is 1.19. The lowest BCUT2D eigenvalue weighted by Gasteiger charge is -2.32. The highest BCUT2D eigenvalue weighted by molar-refractivity contribution is 5.49. The number of aliphatic hydroxyl groups excluding tert-OH is 1. The molecule has 0 unspecified atom stereocenters. The monoisotopic (exact) mass is 280 g/mol. The first-order valence-electron chi connectivity index (χ1n) is 7.30. The summed E-state index contributed by atoms with van der Waals surface area (Å²) >= 11 is 0. The Labute approximate surface area is 120 Å². The maximum absolute atomic E-state index is 8.78. The molecule has 6 nitrogen and oxygen atoms in total. The molecule has 2 N–H and O–H groups in total. The van der Waals surface area contributed by atoms with Gasteiger partial charge in [0.1, 0.15) is 17.5 Å². The van der Waals surface area contributed by atoms with Crippen LogP contribution in [0.1, 0.15) is 25.6 Å². The number of aliphatic hydroxyl groups is 1. The summed E-state index contributed by atoms with van der Waals surface area (Å²) in [5.74, 6) is 2.65. The highest BCUT2D eigenvalue weighted by Crippen LogP contribution is 2.21. The standard InChI is InChI=1S/C14H24N4O2/c1-3-15-13-10-14(17-11(2)16-13)18-6-4-12(5-7-18)20-9-8-19/h10,12,19H,3-9H2,1-2H3,(H,15,16,17). The van der Waals surface area contributed by atoms with Gasteiger partial charge in [-0.25, -0.2) is 9.97 Å². The summed E-state index contributed by atoms with van der Waals surface area (Å²) in [5.41, 5.74) is 0. The molecule has 0 aromatic carbocycles. The number of ether oxygens (including phenoxy) is 1. The number of rotatable bonds is 6. The first-order valence-corrected chi connectivity index (χ1v) is 7.30. The van der Waals surface area contributed by atoms with Gasteiger partial charge in [0.05, 0.1) is 19.3 Å². The van der Waals surface area contributed by atoms with E-state index in [1.54, 1.807) is 0 Å². The number of hydrogen-bond acceptors (Lipinski definition) is 6. The van der Waals surface area contributed by atoms with Crippen molar-refractivity contribution in [2.75, 3.05) is 43.1 Å². The van der Waals surface area contributed by atoms with E-state index in [4.69, 9.17) is 9.84 Å². The van der Waals surface area contributed by atoms with E-state index < -0.39 is 0 Å². The predicted molar refractivity (Wildman–Crippen MR) is 79.2 cm³/mol. The number of nitrogens with one attached hydrogen (secondary N) is 1. The van der Waals surface area contributed by atoms with Gasteiger partial charge in [-0.2, -0.15) is 0 Å².